The fourth-order valence-electron chi connectivity index (χ4n) is 2.14. The van der Waals surface area contributed by atoms with Crippen LogP contribution in [0.15, 0.2) is 23.1 Å². The van der Waals surface area contributed by atoms with Gasteiger partial charge in [0.25, 0.3) is 0 Å². The second-order valence-corrected chi connectivity index (χ2v) is 6.66. The number of sulfonamides is 1. The van der Waals surface area contributed by atoms with Gasteiger partial charge in [0, 0.05) is 25.7 Å². The van der Waals surface area contributed by atoms with Crippen molar-refractivity contribution in [1.29, 1.82) is 0 Å². The minimum atomic E-state index is -4.07. The number of nitrogens with zero attached hydrogens (tertiary/aromatic N) is 1. The van der Waals surface area contributed by atoms with Gasteiger partial charge in [-0.2, -0.15) is 0 Å². The van der Waals surface area contributed by atoms with E-state index in [4.69, 9.17) is 4.74 Å². The Morgan fingerprint density at radius 1 is 1.33 bits per heavy atom. The maximum absolute atomic E-state index is 13.5. The topological polar surface area (TPSA) is 58.6 Å². The molecule has 5 nitrogen and oxygen atoms in total. The van der Waals surface area contributed by atoms with E-state index >= 15 is 0 Å². The van der Waals surface area contributed by atoms with E-state index < -0.39 is 26.6 Å². The maximum atomic E-state index is 13.5. The van der Waals surface area contributed by atoms with Crippen LogP contribution in [-0.2, 0) is 14.8 Å². The molecule has 8 heteroatoms. The summed E-state index contributed by atoms with van der Waals surface area (Å²) in [7, 11) is -4.07. The van der Waals surface area contributed by atoms with Gasteiger partial charge in [-0.05, 0) is 25.1 Å². The van der Waals surface area contributed by atoms with Crippen molar-refractivity contribution in [3.8, 4) is 0 Å². The van der Waals surface area contributed by atoms with Crippen molar-refractivity contribution in [3.05, 3.63) is 29.8 Å². The van der Waals surface area contributed by atoms with E-state index in [9.17, 15) is 17.2 Å². The Kier molecular flexibility index (Phi) is 5.26. The number of ether oxygens (including phenoxy) is 1. The number of rotatable bonds is 5. The summed E-state index contributed by atoms with van der Waals surface area (Å²) in [4.78, 5) is 1.41. The summed E-state index contributed by atoms with van der Waals surface area (Å²) in [5.74, 6) is -1.76. The molecule has 0 amide bonds. The van der Waals surface area contributed by atoms with Gasteiger partial charge in [0.05, 0.1) is 13.2 Å². The molecule has 0 aliphatic carbocycles. The van der Waals surface area contributed by atoms with Gasteiger partial charge in [0.15, 0.2) is 0 Å². The Balaban J connectivity index is 2.02. The Labute approximate surface area is 122 Å². The highest BCUT2D eigenvalue weighted by Crippen LogP contribution is 2.15. The molecule has 0 spiro atoms. The van der Waals surface area contributed by atoms with Crippen LogP contribution in [0.5, 0.6) is 0 Å². The van der Waals surface area contributed by atoms with Crippen molar-refractivity contribution in [3.63, 3.8) is 0 Å². The first-order valence-electron chi connectivity index (χ1n) is 6.66. The fraction of sp³-hybridized carbons (Fsp3) is 0.538. The smallest absolute Gasteiger partial charge is 0.243 e. The van der Waals surface area contributed by atoms with Crippen molar-refractivity contribution in [2.24, 2.45) is 0 Å². The number of nitrogens with one attached hydrogen (secondary N) is 1. The number of hydrogen-bond donors (Lipinski definition) is 1. The molecule has 2 rings (SSSR count). The van der Waals surface area contributed by atoms with Crippen LogP contribution >= 0.6 is 0 Å². The van der Waals surface area contributed by atoms with Crippen molar-refractivity contribution in [1.82, 2.24) is 9.62 Å². The predicted molar refractivity (Wildman–Crippen MR) is 73.4 cm³/mol. The van der Waals surface area contributed by atoms with Crippen molar-refractivity contribution < 1.29 is 21.9 Å². The van der Waals surface area contributed by atoms with E-state index in [2.05, 4.69) is 9.62 Å². The SMILES string of the molecule is C[C@@H](CNS(=O)(=O)c1cc(F)ccc1F)N1CCOCC1. The van der Waals surface area contributed by atoms with Crippen LogP contribution in [0.1, 0.15) is 6.92 Å². The van der Waals surface area contributed by atoms with Crippen LogP contribution in [0.4, 0.5) is 8.78 Å². The minimum Gasteiger partial charge on any atom is -0.379 e. The maximum Gasteiger partial charge on any atom is 0.243 e. The summed E-state index contributed by atoms with van der Waals surface area (Å²) in [6.07, 6.45) is 0. The number of hydrogen-bond acceptors (Lipinski definition) is 4. The van der Waals surface area contributed by atoms with Crippen LogP contribution in [0.3, 0.4) is 0 Å². The Morgan fingerprint density at radius 2 is 2.00 bits per heavy atom. The molecular formula is C13H18F2N2O3S. The molecule has 1 N–H and O–H groups in total. The van der Waals surface area contributed by atoms with Gasteiger partial charge in [0.1, 0.15) is 16.5 Å². The van der Waals surface area contributed by atoms with E-state index in [1.807, 2.05) is 6.92 Å². The second kappa shape index (κ2) is 6.78. The minimum absolute atomic E-state index is 0.0553. The molecule has 118 valence electrons. The molecule has 1 aliphatic heterocycles. The van der Waals surface area contributed by atoms with Crippen molar-refractivity contribution in [2.45, 2.75) is 17.9 Å². The number of benzene rings is 1. The van der Waals surface area contributed by atoms with Gasteiger partial charge in [-0.15, -0.1) is 0 Å². The molecule has 1 atom stereocenters. The molecular weight excluding hydrogens is 302 g/mol. The van der Waals surface area contributed by atoms with Crippen molar-refractivity contribution in [2.75, 3.05) is 32.8 Å². The van der Waals surface area contributed by atoms with Gasteiger partial charge >= 0.3 is 0 Å². The third-order valence-electron chi connectivity index (χ3n) is 3.42. The van der Waals surface area contributed by atoms with Crippen LogP contribution in [-0.4, -0.2) is 52.2 Å². The summed E-state index contributed by atoms with van der Waals surface area (Å²) in [5.41, 5.74) is 0. The summed E-state index contributed by atoms with van der Waals surface area (Å²) in [5, 5.41) is 0. The highest BCUT2D eigenvalue weighted by molar-refractivity contribution is 7.89. The summed E-state index contributed by atoms with van der Waals surface area (Å²) < 4.78 is 58.2. The normalized spacial score (nSPS) is 18.6. The quantitative estimate of drug-likeness (QED) is 0.878. The van der Waals surface area contributed by atoms with E-state index in [1.54, 1.807) is 0 Å². The molecule has 1 heterocycles. The molecule has 1 saturated heterocycles. The van der Waals surface area contributed by atoms with Gasteiger partial charge in [-0.25, -0.2) is 21.9 Å². The summed E-state index contributed by atoms with van der Waals surface area (Å²) in [6.45, 7) is 4.65. The first kappa shape index (κ1) is 16.3. The first-order valence-corrected chi connectivity index (χ1v) is 8.15. The highest BCUT2D eigenvalue weighted by Gasteiger charge is 2.23. The monoisotopic (exact) mass is 320 g/mol. The molecule has 0 unspecified atom stereocenters. The largest absolute Gasteiger partial charge is 0.379 e. The van der Waals surface area contributed by atoms with Crippen LogP contribution in [0, 0.1) is 11.6 Å². The third kappa shape index (κ3) is 4.19. The Bertz CT molecular complexity index is 589. The molecule has 0 radical (unpaired) electrons. The average molecular weight is 320 g/mol. The fourth-order valence-corrected chi connectivity index (χ4v) is 3.35. The lowest BCUT2D eigenvalue weighted by Gasteiger charge is -2.32. The van der Waals surface area contributed by atoms with Crippen molar-refractivity contribution >= 4 is 10.0 Å². The number of morpholine rings is 1. The molecule has 1 aliphatic rings. The second-order valence-electron chi connectivity index (χ2n) is 4.92. The lowest BCUT2D eigenvalue weighted by atomic mass is 10.2. The molecule has 0 aromatic heterocycles. The van der Waals surface area contributed by atoms with Crippen LogP contribution in [0.25, 0.3) is 0 Å². The number of halogens is 2. The van der Waals surface area contributed by atoms with Gasteiger partial charge in [-0.3, -0.25) is 4.90 Å². The summed E-state index contributed by atoms with van der Waals surface area (Å²) >= 11 is 0. The summed E-state index contributed by atoms with van der Waals surface area (Å²) in [6, 6.07) is 2.30. The standard InChI is InChI=1S/C13H18F2N2O3S/c1-10(17-4-6-20-7-5-17)9-16-21(18,19)13-8-11(14)2-3-12(13)15/h2-3,8,10,16H,4-7,9H2,1H3/t10-/m0/s1. The van der Waals surface area contributed by atoms with Crippen LogP contribution < -0.4 is 4.72 Å². The Morgan fingerprint density at radius 3 is 2.67 bits per heavy atom. The van der Waals surface area contributed by atoms with E-state index in [-0.39, 0.29) is 12.6 Å². The zero-order valence-electron chi connectivity index (χ0n) is 11.7. The molecule has 21 heavy (non-hydrogen) atoms. The molecule has 0 saturated carbocycles. The lowest BCUT2D eigenvalue weighted by Crippen LogP contribution is -2.47. The van der Waals surface area contributed by atoms with E-state index in [0.717, 1.165) is 25.2 Å². The zero-order valence-corrected chi connectivity index (χ0v) is 12.5. The first-order chi connectivity index (χ1) is 9.90. The highest BCUT2D eigenvalue weighted by atomic mass is 32.2. The molecule has 1 fully saturated rings. The molecule has 1 aromatic rings. The molecule has 1 aromatic carbocycles. The predicted octanol–water partition coefficient (Wildman–Crippen LogP) is 0.964. The van der Waals surface area contributed by atoms with E-state index in [0.29, 0.717) is 19.3 Å². The molecule has 0 bridgehead atoms. The van der Waals surface area contributed by atoms with Crippen LogP contribution in [0.2, 0.25) is 0 Å². The third-order valence-corrected chi connectivity index (χ3v) is 4.86. The average Bonchev–Trinajstić information content (AvgIpc) is 2.48. The van der Waals surface area contributed by atoms with E-state index in [1.165, 1.54) is 0 Å². The Hall–Kier alpha value is -1.09. The lowest BCUT2D eigenvalue weighted by molar-refractivity contribution is 0.0213. The van der Waals surface area contributed by atoms with Gasteiger partial charge in [0.2, 0.25) is 10.0 Å². The zero-order chi connectivity index (χ0) is 15.5. The van der Waals surface area contributed by atoms with Gasteiger partial charge in [-0.1, -0.05) is 0 Å². The van der Waals surface area contributed by atoms with Gasteiger partial charge < -0.3 is 4.74 Å².